The lowest BCUT2D eigenvalue weighted by Crippen LogP contribution is -2.50. The van der Waals surface area contributed by atoms with Crippen molar-refractivity contribution in [3.8, 4) is 11.5 Å². The number of benzene rings is 1. The minimum atomic E-state index is -0.807. The molecule has 0 aromatic heterocycles. The van der Waals surface area contributed by atoms with Crippen molar-refractivity contribution in [2.24, 2.45) is 0 Å². The number of alkyl halides is 1. The summed E-state index contributed by atoms with van der Waals surface area (Å²) in [6.07, 6.45) is 6.20. The lowest BCUT2D eigenvalue weighted by atomic mass is 9.94. The molecule has 2 fully saturated rings. The number of hydrogen-bond acceptors (Lipinski definition) is 6. The molecule has 1 saturated carbocycles. The smallest absolute Gasteiger partial charge is 0.247 e. The Kier molecular flexibility index (Phi) is 11.4. The van der Waals surface area contributed by atoms with E-state index in [-0.39, 0.29) is 23.7 Å². The standard InChI is InChI=1S/C26H40ClN3O5/c1-3-15-35-22-10-9-20(18-23(22)33-2)25(26(32)28-21-7-5-4-6-8-21)30(24(31)19-27)12-11-29-13-16-34-17-14-29/h9-10,18,21,25H,3-8,11-17,19H2,1-2H3,(H,28,32)/t25-/m1/s1. The third-order valence-electron chi connectivity index (χ3n) is 6.67. The molecule has 0 spiro atoms. The number of ether oxygens (including phenoxy) is 3. The number of amides is 2. The van der Waals surface area contributed by atoms with Gasteiger partial charge in [-0.15, -0.1) is 11.6 Å². The van der Waals surface area contributed by atoms with Crippen LogP contribution >= 0.6 is 11.6 Å². The van der Waals surface area contributed by atoms with Crippen molar-refractivity contribution in [1.82, 2.24) is 15.1 Å². The average molecular weight is 510 g/mol. The Labute approximate surface area is 214 Å². The fraction of sp³-hybridized carbons (Fsp3) is 0.692. The SMILES string of the molecule is CCCOc1ccc([C@H](C(=O)NC2CCCCC2)N(CCN2CCOCC2)C(=O)CCl)cc1OC. The molecule has 1 aromatic rings. The summed E-state index contributed by atoms with van der Waals surface area (Å²) in [4.78, 5) is 30.7. The summed E-state index contributed by atoms with van der Waals surface area (Å²) >= 11 is 6.04. The summed E-state index contributed by atoms with van der Waals surface area (Å²) in [7, 11) is 1.58. The van der Waals surface area contributed by atoms with Gasteiger partial charge in [0, 0.05) is 32.2 Å². The van der Waals surface area contributed by atoms with E-state index in [4.69, 9.17) is 25.8 Å². The summed E-state index contributed by atoms with van der Waals surface area (Å²) < 4.78 is 16.8. The third kappa shape index (κ3) is 7.98. The molecule has 0 radical (unpaired) electrons. The number of morpholine rings is 1. The van der Waals surface area contributed by atoms with E-state index in [1.165, 1.54) is 6.42 Å². The van der Waals surface area contributed by atoms with Crippen molar-refractivity contribution >= 4 is 23.4 Å². The molecule has 0 bridgehead atoms. The lowest BCUT2D eigenvalue weighted by Gasteiger charge is -2.35. The molecule has 1 N–H and O–H groups in total. The maximum Gasteiger partial charge on any atom is 0.247 e. The predicted molar refractivity (Wildman–Crippen MR) is 136 cm³/mol. The Morgan fingerprint density at radius 2 is 1.94 bits per heavy atom. The fourth-order valence-corrected chi connectivity index (χ4v) is 4.89. The van der Waals surface area contributed by atoms with Crippen molar-refractivity contribution in [1.29, 1.82) is 0 Å². The first kappa shape index (κ1) is 27.6. The van der Waals surface area contributed by atoms with Crippen LogP contribution in [0.1, 0.15) is 57.1 Å². The number of carbonyl (C=O) groups excluding carboxylic acids is 2. The normalized spacial score (nSPS) is 18.0. The molecule has 1 atom stereocenters. The summed E-state index contributed by atoms with van der Waals surface area (Å²) in [6.45, 7) is 6.60. The van der Waals surface area contributed by atoms with Gasteiger partial charge in [-0.3, -0.25) is 14.5 Å². The van der Waals surface area contributed by atoms with Crippen molar-refractivity contribution in [2.45, 2.75) is 57.5 Å². The highest BCUT2D eigenvalue weighted by Crippen LogP contribution is 2.33. The molecule has 1 aliphatic carbocycles. The third-order valence-corrected chi connectivity index (χ3v) is 6.90. The summed E-state index contributed by atoms with van der Waals surface area (Å²) in [5.41, 5.74) is 0.680. The first-order valence-corrected chi connectivity index (χ1v) is 13.4. The lowest BCUT2D eigenvalue weighted by molar-refractivity contribution is -0.140. The first-order valence-electron chi connectivity index (χ1n) is 12.8. The van der Waals surface area contributed by atoms with Crippen molar-refractivity contribution < 1.29 is 23.8 Å². The van der Waals surface area contributed by atoms with Gasteiger partial charge in [0.15, 0.2) is 11.5 Å². The van der Waals surface area contributed by atoms with Gasteiger partial charge in [-0.25, -0.2) is 0 Å². The van der Waals surface area contributed by atoms with Crippen molar-refractivity contribution in [3.63, 3.8) is 0 Å². The van der Waals surface area contributed by atoms with Crippen LogP contribution in [0, 0.1) is 0 Å². The first-order chi connectivity index (χ1) is 17.1. The molecular weight excluding hydrogens is 470 g/mol. The number of carbonyl (C=O) groups is 2. The van der Waals surface area contributed by atoms with Crippen LogP contribution in [0.15, 0.2) is 18.2 Å². The number of hydrogen-bond donors (Lipinski definition) is 1. The molecule has 196 valence electrons. The monoisotopic (exact) mass is 509 g/mol. The number of methoxy groups -OCH3 is 1. The molecule has 1 aliphatic heterocycles. The molecular formula is C26H40ClN3O5. The molecule has 9 heteroatoms. The van der Waals surface area contributed by atoms with E-state index in [1.54, 1.807) is 18.1 Å². The van der Waals surface area contributed by atoms with Crippen LogP contribution in [0.4, 0.5) is 0 Å². The van der Waals surface area contributed by atoms with E-state index in [2.05, 4.69) is 10.2 Å². The second-order valence-electron chi connectivity index (χ2n) is 9.18. The zero-order chi connectivity index (χ0) is 25.0. The van der Waals surface area contributed by atoms with Gasteiger partial charge < -0.3 is 24.4 Å². The highest BCUT2D eigenvalue weighted by molar-refractivity contribution is 6.27. The van der Waals surface area contributed by atoms with Gasteiger partial charge in [0.25, 0.3) is 0 Å². The van der Waals surface area contributed by atoms with Crippen LogP contribution in [-0.2, 0) is 14.3 Å². The van der Waals surface area contributed by atoms with Crippen molar-refractivity contribution in [3.05, 3.63) is 23.8 Å². The van der Waals surface area contributed by atoms with Gasteiger partial charge >= 0.3 is 0 Å². The Bertz CT molecular complexity index is 812. The zero-order valence-electron chi connectivity index (χ0n) is 21.1. The molecule has 1 heterocycles. The predicted octanol–water partition coefficient (Wildman–Crippen LogP) is 3.37. The molecule has 35 heavy (non-hydrogen) atoms. The van der Waals surface area contributed by atoms with Crippen LogP contribution in [0.2, 0.25) is 0 Å². The van der Waals surface area contributed by atoms with Crippen LogP contribution in [0.5, 0.6) is 11.5 Å². The van der Waals surface area contributed by atoms with Crippen LogP contribution in [0.25, 0.3) is 0 Å². The molecule has 0 unspecified atom stereocenters. The second kappa shape index (κ2) is 14.5. The molecule has 8 nitrogen and oxygen atoms in total. The van der Waals surface area contributed by atoms with Crippen molar-refractivity contribution in [2.75, 3.05) is 59.0 Å². The van der Waals surface area contributed by atoms with Gasteiger partial charge in [0.1, 0.15) is 11.9 Å². The van der Waals surface area contributed by atoms with E-state index in [1.807, 2.05) is 19.1 Å². The number of nitrogens with one attached hydrogen (secondary N) is 1. The molecule has 3 rings (SSSR count). The topological polar surface area (TPSA) is 80.3 Å². The van der Waals surface area contributed by atoms with Gasteiger partial charge in [-0.05, 0) is 37.0 Å². The summed E-state index contributed by atoms with van der Waals surface area (Å²) in [6, 6.07) is 4.79. The minimum absolute atomic E-state index is 0.125. The van der Waals surface area contributed by atoms with Gasteiger partial charge in [-0.2, -0.15) is 0 Å². The molecule has 1 saturated heterocycles. The Morgan fingerprint density at radius 3 is 2.60 bits per heavy atom. The molecule has 1 aromatic carbocycles. The van der Waals surface area contributed by atoms with Crippen LogP contribution in [0.3, 0.4) is 0 Å². The number of nitrogens with zero attached hydrogens (tertiary/aromatic N) is 2. The number of rotatable bonds is 12. The van der Waals surface area contributed by atoms with E-state index >= 15 is 0 Å². The highest BCUT2D eigenvalue weighted by atomic mass is 35.5. The van der Waals surface area contributed by atoms with Gasteiger partial charge in [0.2, 0.25) is 11.8 Å². The van der Waals surface area contributed by atoms with E-state index in [0.717, 1.165) is 45.2 Å². The Morgan fingerprint density at radius 1 is 1.20 bits per heavy atom. The van der Waals surface area contributed by atoms with E-state index in [9.17, 15) is 9.59 Å². The van der Waals surface area contributed by atoms with E-state index in [0.29, 0.717) is 50.0 Å². The quantitative estimate of drug-likeness (QED) is 0.435. The Balaban J connectivity index is 1.89. The maximum atomic E-state index is 13.7. The summed E-state index contributed by atoms with van der Waals surface area (Å²) in [5, 5.41) is 3.22. The summed E-state index contributed by atoms with van der Waals surface area (Å²) in [5.74, 6) is 0.520. The van der Waals surface area contributed by atoms with E-state index < -0.39 is 6.04 Å². The van der Waals surface area contributed by atoms with Crippen LogP contribution < -0.4 is 14.8 Å². The largest absolute Gasteiger partial charge is 0.493 e. The minimum Gasteiger partial charge on any atom is -0.493 e. The van der Waals surface area contributed by atoms with Crippen LogP contribution in [-0.4, -0.2) is 86.6 Å². The highest BCUT2D eigenvalue weighted by Gasteiger charge is 2.33. The Hall–Kier alpha value is -2.03. The van der Waals surface area contributed by atoms with Gasteiger partial charge in [0.05, 0.1) is 26.9 Å². The zero-order valence-corrected chi connectivity index (χ0v) is 21.9. The second-order valence-corrected chi connectivity index (χ2v) is 9.45. The molecule has 2 amide bonds. The average Bonchev–Trinajstić information content (AvgIpc) is 2.90. The number of halogens is 1. The molecule has 2 aliphatic rings. The fourth-order valence-electron chi connectivity index (χ4n) is 4.73. The van der Waals surface area contributed by atoms with Gasteiger partial charge in [-0.1, -0.05) is 32.3 Å². The maximum absolute atomic E-state index is 13.7.